The van der Waals surface area contributed by atoms with Gasteiger partial charge in [-0.1, -0.05) is 31.5 Å². The first-order valence-electron chi connectivity index (χ1n) is 7.78. The average molecular weight is 333 g/mol. The molecule has 5 nitrogen and oxygen atoms in total. The van der Waals surface area contributed by atoms with Crippen molar-refractivity contribution in [2.45, 2.75) is 26.7 Å². The van der Waals surface area contributed by atoms with E-state index in [2.05, 4.69) is 34.0 Å². The lowest BCUT2D eigenvalue weighted by Crippen LogP contribution is -2.26. The number of carbonyl (C=O) groups excluding carboxylic acids is 1. The predicted octanol–water partition coefficient (Wildman–Crippen LogP) is 4.01. The minimum absolute atomic E-state index is 0.279. The van der Waals surface area contributed by atoms with Crippen LogP contribution >= 0.6 is 11.6 Å². The Kier molecular flexibility index (Phi) is 6.35. The summed E-state index contributed by atoms with van der Waals surface area (Å²) in [5, 5.41) is 3.33. The lowest BCUT2D eigenvalue weighted by molar-refractivity contribution is 0.102. The molecule has 1 N–H and O–H groups in total. The van der Waals surface area contributed by atoms with E-state index in [1.807, 2.05) is 0 Å². The highest BCUT2D eigenvalue weighted by atomic mass is 35.5. The van der Waals surface area contributed by atoms with E-state index in [0.717, 1.165) is 31.7 Å². The number of hydrogen-bond acceptors (Lipinski definition) is 4. The van der Waals surface area contributed by atoms with Gasteiger partial charge in [0.15, 0.2) is 0 Å². The molecular weight excluding hydrogens is 312 g/mol. The van der Waals surface area contributed by atoms with Crippen molar-refractivity contribution in [2.24, 2.45) is 0 Å². The molecule has 6 heteroatoms. The normalized spacial score (nSPS) is 10.4. The lowest BCUT2D eigenvalue weighted by Gasteiger charge is -2.22. The summed E-state index contributed by atoms with van der Waals surface area (Å²) in [7, 11) is 0. The monoisotopic (exact) mass is 332 g/mol. The van der Waals surface area contributed by atoms with Gasteiger partial charge in [0.25, 0.3) is 5.91 Å². The van der Waals surface area contributed by atoms with Crippen LogP contribution in [-0.4, -0.2) is 29.0 Å². The van der Waals surface area contributed by atoms with Gasteiger partial charge in [0.05, 0.1) is 12.4 Å². The van der Waals surface area contributed by atoms with Crippen LogP contribution in [0.3, 0.4) is 0 Å². The number of halogens is 1. The molecule has 0 radical (unpaired) electrons. The molecule has 2 rings (SSSR count). The Balaban J connectivity index is 2.07. The Hall–Kier alpha value is -2.14. The smallest absolute Gasteiger partial charge is 0.275 e. The number of amides is 1. The van der Waals surface area contributed by atoms with E-state index in [-0.39, 0.29) is 11.6 Å². The molecular formula is C17H21ClN4O. The molecule has 0 fully saturated rings. The first-order chi connectivity index (χ1) is 11.1. The van der Waals surface area contributed by atoms with E-state index in [0.29, 0.717) is 10.7 Å². The summed E-state index contributed by atoms with van der Waals surface area (Å²) < 4.78 is 0. The van der Waals surface area contributed by atoms with Gasteiger partial charge in [-0.05, 0) is 31.0 Å². The first-order valence-corrected chi connectivity index (χ1v) is 8.15. The molecule has 0 bridgehead atoms. The lowest BCUT2D eigenvalue weighted by atomic mass is 10.3. The van der Waals surface area contributed by atoms with Crippen LogP contribution in [0, 0.1) is 0 Å². The Morgan fingerprint density at radius 1 is 1.17 bits per heavy atom. The van der Waals surface area contributed by atoms with Crippen LogP contribution in [0.15, 0.2) is 36.7 Å². The second-order valence-electron chi connectivity index (χ2n) is 5.21. The minimum Gasteiger partial charge on any atom is -0.355 e. The SMILES string of the molecule is CCCN(CCC)c1cnc(C(=O)Nc2cccc(Cl)c2)cn1. The van der Waals surface area contributed by atoms with Crippen molar-refractivity contribution in [3.8, 4) is 0 Å². The molecule has 0 spiro atoms. The Morgan fingerprint density at radius 3 is 2.48 bits per heavy atom. The zero-order valence-corrected chi connectivity index (χ0v) is 14.2. The quantitative estimate of drug-likeness (QED) is 0.832. The minimum atomic E-state index is -0.302. The van der Waals surface area contributed by atoms with Crippen LogP contribution in [0.25, 0.3) is 0 Å². The van der Waals surface area contributed by atoms with Gasteiger partial charge in [-0.3, -0.25) is 4.79 Å². The van der Waals surface area contributed by atoms with Crippen molar-refractivity contribution in [3.63, 3.8) is 0 Å². The van der Waals surface area contributed by atoms with Gasteiger partial charge < -0.3 is 10.2 Å². The summed E-state index contributed by atoms with van der Waals surface area (Å²) in [5.41, 5.74) is 0.911. The maximum atomic E-state index is 12.2. The maximum Gasteiger partial charge on any atom is 0.275 e. The van der Waals surface area contributed by atoms with Gasteiger partial charge in [-0.25, -0.2) is 9.97 Å². The van der Waals surface area contributed by atoms with Crippen LogP contribution < -0.4 is 10.2 Å². The summed E-state index contributed by atoms with van der Waals surface area (Å²) in [6.45, 7) is 6.11. The topological polar surface area (TPSA) is 58.1 Å². The summed E-state index contributed by atoms with van der Waals surface area (Å²) in [5.74, 6) is 0.497. The van der Waals surface area contributed by atoms with Crippen molar-refractivity contribution in [1.82, 2.24) is 9.97 Å². The molecule has 1 amide bonds. The third-order valence-corrected chi connectivity index (χ3v) is 3.50. The molecule has 1 aromatic heterocycles. The largest absolute Gasteiger partial charge is 0.355 e. The number of nitrogens with zero attached hydrogens (tertiary/aromatic N) is 3. The second kappa shape index (κ2) is 8.48. The van der Waals surface area contributed by atoms with Crippen LogP contribution in [0.1, 0.15) is 37.2 Å². The molecule has 0 atom stereocenters. The number of anilines is 2. The van der Waals surface area contributed by atoms with E-state index in [9.17, 15) is 4.79 Å². The molecule has 0 aliphatic carbocycles. The van der Waals surface area contributed by atoms with Gasteiger partial charge >= 0.3 is 0 Å². The van der Waals surface area contributed by atoms with Crippen molar-refractivity contribution >= 4 is 29.0 Å². The van der Waals surface area contributed by atoms with E-state index in [1.54, 1.807) is 30.5 Å². The van der Waals surface area contributed by atoms with Gasteiger partial charge in [-0.2, -0.15) is 0 Å². The first kappa shape index (κ1) is 17.2. The van der Waals surface area contributed by atoms with Gasteiger partial charge in [0.1, 0.15) is 11.5 Å². The summed E-state index contributed by atoms with van der Waals surface area (Å²) in [6.07, 6.45) is 5.24. The van der Waals surface area contributed by atoms with Crippen LogP contribution in [0.4, 0.5) is 11.5 Å². The molecule has 1 heterocycles. The fourth-order valence-corrected chi connectivity index (χ4v) is 2.43. The van der Waals surface area contributed by atoms with Crippen molar-refractivity contribution < 1.29 is 4.79 Å². The predicted molar refractivity (Wildman–Crippen MR) is 94.2 cm³/mol. The molecule has 0 aliphatic heterocycles. The molecule has 122 valence electrons. The fourth-order valence-electron chi connectivity index (χ4n) is 2.24. The van der Waals surface area contributed by atoms with E-state index < -0.39 is 0 Å². The van der Waals surface area contributed by atoms with Gasteiger partial charge in [0, 0.05) is 23.8 Å². The molecule has 0 saturated carbocycles. The fraction of sp³-hybridized carbons (Fsp3) is 0.353. The highest BCUT2D eigenvalue weighted by Crippen LogP contribution is 2.16. The molecule has 0 saturated heterocycles. The number of hydrogen-bond donors (Lipinski definition) is 1. The molecule has 2 aromatic rings. The van der Waals surface area contributed by atoms with E-state index >= 15 is 0 Å². The highest BCUT2D eigenvalue weighted by molar-refractivity contribution is 6.30. The van der Waals surface area contributed by atoms with Crippen LogP contribution in [-0.2, 0) is 0 Å². The molecule has 23 heavy (non-hydrogen) atoms. The Bertz CT molecular complexity index is 639. The standard InChI is InChI=1S/C17H21ClN4O/c1-3-8-22(9-4-2)16-12-19-15(11-20-16)17(23)21-14-7-5-6-13(18)10-14/h5-7,10-12H,3-4,8-9H2,1-2H3,(H,21,23). The number of nitrogens with one attached hydrogen (secondary N) is 1. The third kappa shape index (κ3) is 4.93. The maximum absolute atomic E-state index is 12.2. The van der Waals surface area contributed by atoms with Crippen LogP contribution in [0.5, 0.6) is 0 Å². The Morgan fingerprint density at radius 2 is 1.91 bits per heavy atom. The van der Waals surface area contributed by atoms with Crippen molar-refractivity contribution in [3.05, 3.63) is 47.4 Å². The zero-order valence-electron chi connectivity index (χ0n) is 13.4. The summed E-state index contributed by atoms with van der Waals surface area (Å²) in [4.78, 5) is 23.0. The number of rotatable bonds is 7. The van der Waals surface area contributed by atoms with Crippen molar-refractivity contribution in [2.75, 3.05) is 23.3 Å². The third-order valence-electron chi connectivity index (χ3n) is 3.26. The van der Waals surface area contributed by atoms with Crippen molar-refractivity contribution in [1.29, 1.82) is 0 Å². The van der Waals surface area contributed by atoms with E-state index in [4.69, 9.17) is 11.6 Å². The molecule has 0 aliphatic rings. The van der Waals surface area contributed by atoms with Gasteiger partial charge in [0.2, 0.25) is 0 Å². The summed E-state index contributed by atoms with van der Waals surface area (Å²) in [6, 6.07) is 6.99. The summed E-state index contributed by atoms with van der Waals surface area (Å²) >= 11 is 5.90. The zero-order chi connectivity index (χ0) is 16.7. The second-order valence-corrected chi connectivity index (χ2v) is 5.65. The molecule has 0 unspecified atom stereocenters. The number of carbonyl (C=O) groups is 1. The highest BCUT2D eigenvalue weighted by Gasteiger charge is 2.11. The number of benzene rings is 1. The van der Waals surface area contributed by atoms with E-state index in [1.165, 1.54) is 6.20 Å². The molecule has 1 aromatic carbocycles. The van der Waals surface area contributed by atoms with Crippen LogP contribution in [0.2, 0.25) is 5.02 Å². The number of aromatic nitrogens is 2. The average Bonchev–Trinajstić information content (AvgIpc) is 2.55. The van der Waals surface area contributed by atoms with Gasteiger partial charge in [-0.15, -0.1) is 0 Å². The Labute approximate surface area is 141 Å².